The van der Waals surface area contributed by atoms with Crippen molar-refractivity contribution in [3.63, 3.8) is 0 Å². The Labute approximate surface area is 251 Å². The molecule has 0 saturated carbocycles. The standard InChI is InChI=1S/C27H35BN3O7.Na/c1-37-17-9-15-24(28(35)36)30-25(32)23-14-8-16-31(23)26(33)22(18-20-10-4-2-5-11-20)29-27(34)38-19-21-12-6-3-7-13-21;/h2-7,10-13,22-24,35H,8-9,14-19H2,1H3,(H,29,34)(H,30,32);/q-1;+1/t22-,23?,24+;/m1./s1. The van der Waals surface area contributed by atoms with E-state index in [0.717, 1.165) is 11.1 Å². The first kappa shape index (κ1) is 32.8. The van der Waals surface area contributed by atoms with E-state index in [1.807, 2.05) is 60.7 Å². The molecule has 0 aromatic heterocycles. The van der Waals surface area contributed by atoms with Crippen molar-refractivity contribution >= 4 is 25.0 Å². The van der Waals surface area contributed by atoms with Crippen molar-refractivity contribution in [1.82, 2.24) is 15.5 Å². The average Bonchev–Trinajstić information content (AvgIpc) is 3.42. The first-order chi connectivity index (χ1) is 18.4. The van der Waals surface area contributed by atoms with Crippen LogP contribution < -0.4 is 45.2 Å². The van der Waals surface area contributed by atoms with E-state index in [4.69, 9.17) is 9.47 Å². The maximum Gasteiger partial charge on any atom is 1.00 e. The summed E-state index contributed by atoms with van der Waals surface area (Å²) in [5, 5.41) is 26.6. The van der Waals surface area contributed by atoms with Crippen LogP contribution in [0, 0.1) is 0 Å². The number of likely N-dealkylation sites (tertiary alicyclic amines) is 1. The van der Waals surface area contributed by atoms with E-state index >= 15 is 0 Å². The monoisotopic (exact) mass is 547 g/mol. The smallest absolute Gasteiger partial charge is 0.855 e. The number of carbonyl (C=O) groups is 3. The first-order valence-electron chi connectivity index (χ1n) is 12.8. The third-order valence-corrected chi connectivity index (χ3v) is 6.46. The van der Waals surface area contributed by atoms with Gasteiger partial charge in [-0.25, -0.2) is 4.79 Å². The topological polar surface area (TPSA) is 140 Å². The van der Waals surface area contributed by atoms with Gasteiger partial charge in [0.1, 0.15) is 18.7 Å². The molecule has 0 radical (unpaired) electrons. The Balaban J connectivity index is 0.00000533. The minimum atomic E-state index is -1.99. The number of nitrogens with one attached hydrogen (secondary N) is 2. The molecule has 2 aromatic carbocycles. The second-order valence-electron chi connectivity index (χ2n) is 9.28. The summed E-state index contributed by atoms with van der Waals surface area (Å²) in [7, 11) is -0.464. The molecular formula is C27H35BN3NaO7. The molecule has 2 aromatic rings. The summed E-state index contributed by atoms with van der Waals surface area (Å²) in [5.41, 5.74) is 1.65. The molecule has 39 heavy (non-hydrogen) atoms. The van der Waals surface area contributed by atoms with Crippen LogP contribution in [0.5, 0.6) is 0 Å². The predicted octanol–water partition coefficient (Wildman–Crippen LogP) is -2.19. The van der Waals surface area contributed by atoms with Crippen LogP contribution >= 0.6 is 0 Å². The Morgan fingerprint density at radius 2 is 1.72 bits per heavy atom. The van der Waals surface area contributed by atoms with Gasteiger partial charge in [-0.15, -0.1) is 0 Å². The van der Waals surface area contributed by atoms with Gasteiger partial charge >= 0.3 is 35.7 Å². The van der Waals surface area contributed by atoms with Crippen LogP contribution in [0.4, 0.5) is 4.79 Å². The third kappa shape index (κ3) is 10.6. The number of methoxy groups -OCH3 is 1. The fourth-order valence-corrected chi connectivity index (χ4v) is 4.47. The second-order valence-corrected chi connectivity index (χ2v) is 9.28. The first-order valence-corrected chi connectivity index (χ1v) is 12.8. The van der Waals surface area contributed by atoms with Gasteiger partial charge in [0, 0.05) is 32.6 Å². The quantitative estimate of drug-likeness (QED) is 0.191. The molecule has 0 spiro atoms. The predicted molar refractivity (Wildman–Crippen MR) is 139 cm³/mol. The van der Waals surface area contributed by atoms with E-state index in [2.05, 4.69) is 10.6 Å². The fraction of sp³-hybridized carbons (Fsp3) is 0.444. The normalized spacial score (nSPS) is 16.0. The fourth-order valence-electron chi connectivity index (χ4n) is 4.47. The zero-order valence-electron chi connectivity index (χ0n) is 22.6. The molecule has 1 fully saturated rings. The van der Waals surface area contributed by atoms with Crippen molar-refractivity contribution in [2.75, 3.05) is 20.3 Å². The van der Waals surface area contributed by atoms with Gasteiger partial charge in [-0.3, -0.25) is 9.59 Å². The number of rotatable bonds is 13. The molecule has 3 atom stereocenters. The Morgan fingerprint density at radius 1 is 1.08 bits per heavy atom. The van der Waals surface area contributed by atoms with Crippen LogP contribution in [-0.4, -0.2) is 73.2 Å². The number of nitrogens with zero attached hydrogens (tertiary/aromatic N) is 1. The van der Waals surface area contributed by atoms with Crippen molar-refractivity contribution in [3.05, 3.63) is 71.8 Å². The van der Waals surface area contributed by atoms with Crippen LogP contribution in [0.3, 0.4) is 0 Å². The second kappa shape index (κ2) is 17.3. The summed E-state index contributed by atoms with van der Waals surface area (Å²) >= 11 is 0. The van der Waals surface area contributed by atoms with Crippen LogP contribution in [0.1, 0.15) is 36.8 Å². The maximum atomic E-state index is 13.7. The number of alkyl carbamates (subject to hydrolysis) is 1. The van der Waals surface area contributed by atoms with Gasteiger partial charge in [-0.2, -0.15) is 0 Å². The summed E-state index contributed by atoms with van der Waals surface area (Å²) in [6.07, 6.45) is 1.21. The van der Waals surface area contributed by atoms with Crippen molar-refractivity contribution in [2.45, 2.75) is 56.7 Å². The van der Waals surface area contributed by atoms with Gasteiger partial charge in [0.05, 0.1) is 0 Å². The number of hydrogen-bond acceptors (Lipinski definition) is 7. The number of benzene rings is 2. The van der Waals surface area contributed by atoms with E-state index in [1.54, 1.807) is 0 Å². The van der Waals surface area contributed by atoms with Crippen LogP contribution in [0.15, 0.2) is 60.7 Å². The Hall–Kier alpha value is -2.41. The molecule has 1 unspecified atom stereocenters. The van der Waals surface area contributed by atoms with E-state index in [9.17, 15) is 24.4 Å². The van der Waals surface area contributed by atoms with Crippen molar-refractivity contribution in [1.29, 1.82) is 0 Å². The molecule has 10 nitrogen and oxygen atoms in total. The zero-order valence-corrected chi connectivity index (χ0v) is 24.6. The minimum absolute atomic E-state index is 0. The van der Waals surface area contributed by atoms with E-state index in [0.29, 0.717) is 32.4 Å². The largest absolute Gasteiger partial charge is 1.00 e. The van der Waals surface area contributed by atoms with Gasteiger partial charge in [0.15, 0.2) is 0 Å². The van der Waals surface area contributed by atoms with Gasteiger partial charge in [-0.1, -0.05) is 60.7 Å². The molecule has 12 heteroatoms. The van der Waals surface area contributed by atoms with Crippen LogP contribution in [0.2, 0.25) is 0 Å². The molecule has 3 rings (SSSR count). The summed E-state index contributed by atoms with van der Waals surface area (Å²) in [6, 6.07) is 16.7. The molecule has 0 aliphatic carbocycles. The molecule has 1 saturated heterocycles. The van der Waals surface area contributed by atoms with Crippen molar-refractivity contribution in [2.24, 2.45) is 0 Å². The van der Waals surface area contributed by atoms with Crippen LogP contribution in [-0.2, 0) is 32.1 Å². The average molecular weight is 547 g/mol. The number of amides is 3. The number of carbonyl (C=O) groups excluding carboxylic acids is 3. The molecule has 3 amide bonds. The van der Waals surface area contributed by atoms with Gasteiger partial charge < -0.3 is 35.1 Å². The van der Waals surface area contributed by atoms with Gasteiger partial charge in [0.2, 0.25) is 18.9 Å². The maximum absolute atomic E-state index is 13.7. The summed E-state index contributed by atoms with van der Waals surface area (Å²) in [4.78, 5) is 40.8. The molecule has 1 aliphatic heterocycles. The Morgan fingerprint density at radius 3 is 2.33 bits per heavy atom. The van der Waals surface area contributed by atoms with Crippen molar-refractivity contribution in [3.8, 4) is 0 Å². The zero-order chi connectivity index (χ0) is 27.3. The number of hydrogen-bond donors (Lipinski definition) is 3. The molecule has 1 aliphatic rings. The van der Waals surface area contributed by atoms with Crippen molar-refractivity contribution < 1.29 is 63.5 Å². The molecule has 0 bridgehead atoms. The molecule has 3 N–H and O–H groups in total. The molecular weight excluding hydrogens is 512 g/mol. The van der Waals surface area contributed by atoms with Gasteiger partial charge in [-0.05, 0) is 36.8 Å². The van der Waals surface area contributed by atoms with Crippen LogP contribution in [0.25, 0.3) is 0 Å². The SMILES string of the molecule is COCCC[C@H](NC(=O)C1CCCN1C(=O)[C@@H](Cc1ccccc1)NC(=O)OCc1ccccc1)B([O-])O.[Na+]. The Kier molecular flexibility index (Phi) is 14.6. The van der Waals surface area contributed by atoms with E-state index in [1.165, 1.54) is 12.0 Å². The minimum Gasteiger partial charge on any atom is -0.855 e. The summed E-state index contributed by atoms with van der Waals surface area (Å²) < 4.78 is 10.3. The van der Waals surface area contributed by atoms with E-state index in [-0.39, 0.29) is 49.0 Å². The Bertz CT molecular complexity index is 1030. The molecule has 1 heterocycles. The summed E-state index contributed by atoms with van der Waals surface area (Å²) in [5.74, 6) is -1.92. The third-order valence-electron chi connectivity index (χ3n) is 6.46. The summed E-state index contributed by atoms with van der Waals surface area (Å²) in [6.45, 7) is 0.771. The van der Waals surface area contributed by atoms with Gasteiger partial charge in [0.25, 0.3) is 0 Å². The molecule has 204 valence electrons. The van der Waals surface area contributed by atoms with E-state index < -0.39 is 43.1 Å². The number of ether oxygens (including phenoxy) is 2.